The van der Waals surface area contributed by atoms with E-state index in [4.69, 9.17) is 4.74 Å². The van der Waals surface area contributed by atoms with Crippen molar-refractivity contribution in [2.75, 3.05) is 0 Å². The van der Waals surface area contributed by atoms with E-state index >= 15 is 0 Å². The normalized spacial score (nSPS) is 11.7. The van der Waals surface area contributed by atoms with E-state index in [1.807, 2.05) is 51.1 Å². The van der Waals surface area contributed by atoms with E-state index < -0.39 is 0 Å². The molecule has 2 rings (SSSR count). The highest BCUT2D eigenvalue weighted by Crippen LogP contribution is 2.22. The lowest BCUT2D eigenvalue weighted by Crippen LogP contribution is -2.22. The molecule has 0 aliphatic carbocycles. The third-order valence-corrected chi connectivity index (χ3v) is 2.00. The molecule has 0 N–H and O–H groups in total. The SMILES string of the molecule is CC(C)(C)Oc1ccc2ncccc2c1. The molecule has 0 aliphatic heterocycles. The second kappa shape index (κ2) is 3.54. The minimum atomic E-state index is -0.157. The van der Waals surface area contributed by atoms with E-state index in [1.165, 1.54) is 0 Å². The minimum Gasteiger partial charge on any atom is -0.488 e. The third-order valence-electron chi connectivity index (χ3n) is 2.00. The average Bonchev–Trinajstić information content (AvgIpc) is 2.15. The fourth-order valence-electron chi connectivity index (χ4n) is 1.47. The maximum absolute atomic E-state index is 5.78. The van der Waals surface area contributed by atoms with Gasteiger partial charge in [0.25, 0.3) is 0 Å². The standard InChI is InChI=1S/C13H15NO/c1-13(2,3)15-11-6-7-12-10(9-11)5-4-8-14-12/h4-9H,1-3H3. The molecular formula is C13H15NO. The summed E-state index contributed by atoms with van der Waals surface area (Å²) in [6, 6.07) is 9.94. The van der Waals surface area contributed by atoms with Gasteiger partial charge in [-0.05, 0) is 45.0 Å². The molecule has 0 atom stereocenters. The smallest absolute Gasteiger partial charge is 0.120 e. The molecule has 2 nitrogen and oxygen atoms in total. The monoisotopic (exact) mass is 201 g/mol. The minimum absolute atomic E-state index is 0.157. The van der Waals surface area contributed by atoms with Gasteiger partial charge in [-0.15, -0.1) is 0 Å². The molecule has 0 unspecified atom stereocenters. The van der Waals surface area contributed by atoms with Gasteiger partial charge in [-0.25, -0.2) is 0 Å². The summed E-state index contributed by atoms with van der Waals surface area (Å²) < 4.78 is 5.78. The van der Waals surface area contributed by atoms with Crippen molar-refractivity contribution in [2.45, 2.75) is 26.4 Å². The molecule has 0 aliphatic rings. The van der Waals surface area contributed by atoms with Crippen LogP contribution < -0.4 is 4.74 Å². The molecule has 0 amide bonds. The summed E-state index contributed by atoms with van der Waals surface area (Å²) in [6.45, 7) is 6.13. The van der Waals surface area contributed by atoms with Gasteiger partial charge in [-0.2, -0.15) is 0 Å². The molecule has 0 bridgehead atoms. The summed E-state index contributed by atoms with van der Waals surface area (Å²) >= 11 is 0. The Morgan fingerprint density at radius 1 is 1.13 bits per heavy atom. The van der Waals surface area contributed by atoms with E-state index in [0.29, 0.717) is 0 Å². The van der Waals surface area contributed by atoms with Gasteiger partial charge in [0.15, 0.2) is 0 Å². The first-order valence-electron chi connectivity index (χ1n) is 5.08. The van der Waals surface area contributed by atoms with Crippen molar-refractivity contribution in [3.05, 3.63) is 36.5 Å². The Labute approximate surface area is 89.9 Å². The largest absolute Gasteiger partial charge is 0.488 e. The third kappa shape index (κ3) is 2.46. The number of fused-ring (bicyclic) bond motifs is 1. The quantitative estimate of drug-likeness (QED) is 0.705. The molecule has 0 spiro atoms. The molecule has 0 saturated heterocycles. The summed E-state index contributed by atoms with van der Waals surface area (Å²) in [5.74, 6) is 0.892. The Kier molecular flexibility index (Phi) is 2.35. The van der Waals surface area contributed by atoms with Gasteiger partial charge in [0.1, 0.15) is 11.4 Å². The van der Waals surface area contributed by atoms with Crippen LogP contribution in [0.15, 0.2) is 36.5 Å². The highest BCUT2D eigenvalue weighted by atomic mass is 16.5. The van der Waals surface area contributed by atoms with Crippen LogP contribution in [0.4, 0.5) is 0 Å². The molecule has 0 fully saturated rings. The number of hydrogen-bond donors (Lipinski definition) is 0. The van der Waals surface area contributed by atoms with E-state index in [9.17, 15) is 0 Å². The first-order chi connectivity index (χ1) is 7.04. The predicted molar refractivity (Wildman–Crippen MR) is 62.1 cm³/mol. The van der Waals surface area contributed by atoms with Crippen LogP contribution in [-0.4, -0.2) is 10.6 Å². The highest BCUT2D eigenvalue weighted by Gasteiger charge is 2.11. The molecule has 78 valence electrons. The Morgan fingerprint density at radius 2 is 1.93 bits per heavy atom. The highest BCUT2D eigenvalue weighted by molar-refractivity contribution is 5.79. The van der Waals surface area contributed by atoms with Crippen molar-refractivity contribution < 1.29 is 4.74 Å². The fourth-order valence-corrected chi connectivity index (χ4v) is 1.47. The fraction of sp³-hybridized carbons (Fsp3) is 0.308. The predicted octanol–water partition coefficient (Wildman–Crippen LogP) is 3.41. The van der Waals surface area contributed by atoms with Crippen molar-refractivity contribution >= 4 is 10.9 Å². The number of ether oxygens (including phenoxy) is 1. The summed E-state index contributed by atoms with van der Waals surface area (Å²) in [5, 5.41) is 1.11. The Morgan fingerprint density at radius 3 is 2.67 bits per heavy atom. The zero-order valence-corrected chi connectivity index (χ0v) is 9.32. The number of aromatic nitrogens is 1. The van der Waals surface area contributed by atoms with Crippen molar-refractivity contribution in [1.82, 2.24) is 4.98 Å². The maximum atomic E-state index is 5.78. The second-order valence-corrected chi connectivity index (χ2v) is 4.57. The van der Waals surface area contributed by atoms with Gasteiger partial charge in [0.05, 0.1) is 5.52 Å². The molecule has 1 aromatic heterocycles. The van der Waals surface area contributed by atoms with Crippen molar-refractivity contribution in [3.8, 4) is 5.75 Å². The summed E-state index contributed by atoms with van der Waals surface area (Å²) in [7, 11) is 0. The second-order valence-electron chi connectivity index (χ2n) is 4.57. The first-order valence-corrected chi connectivity index (χ1v) is 5.08. The van der Waals surface area contributed by atoms with Gasteiger partial charge in [0, 0.05) is 11.6 Å². The summed E-state index contributed by atoms with van der Waals surface area (Å²) in [4.78, 5) is 4.26. The average molecular weight is 201 g/mol. The van der Waals surface area contributed by atoms with Crippen LogP contribution in [0, 0.1) is 0 Å². The first kappa shape index (κ1) is 9.97. The van der Waals surface area contributed by atoms with Gasteiger partial charge in [-0.1, -0.05) is 6.07 Å². The van der Waals surface area contributed by atoms with Gasteiger partial charge in [0.2, 0.25) is 0 Å². The molecule has 1 heterocycles. The zero-order chi connectivity index (χ0) is 10.9. The van der Waals surface area contributed by atoms with Gasteiger partial charge < -0.3 is 4.74 Å². The molecular weight excluding hydrogens is 186 g/mol. The van der Waals surface area contributed by atoms with Gasteiger partial charge in [-0.3, -0.25) is 4.98 Å². The molecule has 1 aromatic carbocycles. The Hall–Kier alpha value is -1.57. The number of nitrogens with zero attached hydrogens (tertiary/aromatic N) is 1. The maximum Gasteiger partial charge on any atom is 0.120 e. The molecule has 15 heavy (non-hydrogen) atoms. The topological polar surface area (TPSA) is 22.1 Å². The number of hydrogen-bond acceptors (Lipinski definition) is 2. The number of pyridine rings is 1. The van der Waals surface area contributed by atoms with E-state index in [1.54, 1.807) is 6.20 Å². The van der Waals surface area contributed by atoms with E-state index in [2.05, 4.69) is 4.98 Å². The Balaban J connectivity index is 2.39. The van der Waals surface area contributed by atoms with Crippen LogP contribution in [0.25, 0.3) is 10.9 Å². The lowest BCUT2D eigenvalue weighted by molar-refractivity contribution is 0.131. The molecule has 0 radical (unpaired) electrons. The van der Waals surface area contributed by atoms with Crippen LogP contribution in [0.2, 0.25) is 0 Å². The molecule has 2 aromatic rings. The van der Waals surface area contributed by atoms with Crippen LogP contribution >= 0.6 is 0 Å². The van der Waals surface area contributed by atoms with Crippen LogP contribution in [0.1, 0.15) is 20.8 Å². The lowest BCUT2D eigenvalue weighted by Gasteiger charge is -2.21. The van der Waals surface area contributed by atoms with Crippen molar-refractivity contribution in [1.29, 1.82) is 0 Å². The number of rotatable bonds is 1. The summed E-state index contributed by atoms with van der Waals surface area (Å²) in [5.41, 5.74) is 0.842. The Bertz CT molecular complexity index is 471. The summed E-state index contributed by atoms with van der Waals surface area (Å²) in [6.07, 6.45) is 1.80. The van der Waals surface area contributed by atoms with Crippen LogP contribution in [-0.2, 0) is 0 Å². The number of benzene rings is 1. The van der Waals surface area contributed by atoms with Crippen LogP contribution in [0.3, 0.4) is 0 Å². The van der Waals surface area contributed by atoms with Crippen LogP contribution in [0.5, 0.6) is 5.75 Å². The molecule has 2 heteroatoms. The molecule has 0 saturated carbocycles. The lowest BCUT2D eigenvalue weighted by atomic mass is 10.1. The van der Waals surface area contributed by atoms with Crippen molar-refractivity contribution in [2.24, 2.45) is 0 Å². The van der Waals surface area contributed by atoms with E-state index in [0.717, 1.165) is 16.7 Å². The zero-order valence-electron chi connectivity index (χ0n) is 9.32. The van der Waals surface area contributed by atoms with Crippen molar-refractivity contribution in [3.63, 3.8) is 0 Å². The van der Waals surface area contributed by atoms with E-state index in [-0.39, 0.29) is 5.60 Å². The van der Waals surface area contributed by atoms with Gasteiger partial charge >= 0.3 is 0 Å².